The van der Waals surface area contributed by atoms with E-state index in [4.69, 9.17) is 10.5 Å². The van der Waals surface area contributed by atoms with Crippen LogP contribution in [0.15, 0.2) is 42.5 Å². The summed E-state index contributed by atoms with van der Waals surface area (Å²) < 4.78 is 19.5. The number of para-hydroxylation sites is 1. The van der Waals surface area contributed by atoms with E-state index >= 15 is 0 Å². The van der Waals surface area contributed by atoms with Gasteiger partial charge in [-0.15, -0.1) is 0 Å². The fourth-order valence-electron chi connectivity index (χ4n) is 1.81. The van der Waals surface area contributed by atoms with Gasteiger partial charge in [-0.2, -0.15) is 0 Å². The highest BCUT2D eigenvalue weighted by molar-refractivity contribution is 5.41. The number of benzene rings is 2. The molecule has 2 N–H and O–H groups in total. The van der Waals surface area contributed by atoms with Gasteiger partial charge >= 0.3 is 0 Å². The van der Waals surface area contributed by atoms with Crippen molar-refractivity contribution in [2.24, 2.45) is 5.73 Å². The van der Waals surface area contributed by atoms with Gasteiger partial charge in [-0.05, 0) is 43.7 Å². The molecule has 0 saturated carbocycles. The van der Waals surface area contributed by atoms with Crippen LogP contribution in [0, 0.1) is 12.7 Å². The Kier molecular flexibility index (Phi) is 3.95. The first-order valence-electron chi connectivity index (χ1n) is 5.93. The van der Waals surface area contributed by atoms with Gasteiger partial charge in [0.2, 0.25) is 0 Å². The van der Waals surface area contributed by atoms with E-state index in [0.29, 0.717) is 24.3 Å². The third-order valence-corrected chi connectivity index (χ3v) is 2.78. The van der Waals surface area contributed by atoms with Gasteiger partial charge in [-0.3, -0.25) is 0 Å². The third-order valence-electron chi connectivity index (χ3n) is 2.78. The van der Waals surface area contributed by atoms with Crippen LogP contribution in [-0.2, 0) is 6.42 Å². The Morgan fingerprint density at radius 1 is 1.06 bits per heavy atom. The van der Waals surface area contributed by atoms with Gasteiger partial charge in [-0.25, -0.2) is 4.39 Å². The average molecular weight is 245 g/mol. The molecule has 2 nitrogen and oxygen atoms in total. The molecule has 0 bridgehead atoms. The lowest BCUT2D eigenvalue weighted by molar-refractivity contribution is 0.464. The molecular formula is C15H16FNO. The fraction of sp³-hybridized carbons (Fsp3) is 0.200. The number of nitrogens with two attached hydrogens (primary N) is 1. The molecule has 18 heavy (non-hydrogen) atoms. The molecule has 2 rings (SSSR count). The number of halogens is 1. The maximum Gasteiger partial charge on any atom is 0.133 e. The number of rotatable bonds is 4. The summed E-state index contributed by atoms with van der Waals surface area (Å²) in [4.78, 5) is 0. The van der Waals surface area contributed by atoms with E-state index in [9.17, 15) is 4.39 Å². The van der Waals surface area contributed by atoms with Gasteiger partial charge in [0.05, 0.1) is 0 Å². The summed E-state index contributed by atoms with van der Waals surface area (Å²) in [5.41, 5.74) is 7.04. The predicted molar refractivity (Wildman–Crippen MR) is 70.4 cm³/mol. The molecule has 0 unspecified atom stereocenters. The molecule has 2 aromatic carbocycles. The molecule has 0 aromatic heterocycles. The number of ether oxygens (including phenoxy) is 1. The van der Waals surface area contributed by atoms with Crippen LogP contribution in [0.3, 0.4) is 0 Å². The van der Waals surface area contributed by atoms with Crippen LogP contribution in [0.5, 0.6) is 11.5 Å². The second kappa shape index (κ2) is 5.65. The molecule has 3 heteroatoms. The number of hydrogen-bond acceptors (Lipinski definition) is 2. The molecule has 0 aliphatic heterocycles. The van der Waals surface area contributed by atoms with Crippen molar-refractivity contribution in [2.45, 2.75) is 13.3 Å². The van der Waals surface area contributed by atoms with Gasteiger partial charge in [0.25, 0.3) is 0 Å². The summed E-state index contributed by atoms with van der Waals surface area (Å²) in [6.07, 6.45) is 0.466. The van der Waals surface area contributed by atoms with Crippen molar-refractivity contribution in [3.05, 3.63) is 59.4 Å². The van der Waals surface area contributed by atoms with Crippen LogP contribution < -0.4 is 10.5 Å². The molecule has 0 aliphatic rings. The Bertz CT molecular complexity index is 540. The third kappa shape index (κ3) is 2.68. The van der Waals surface area contributed by atoms with Crippen molar-refractivity contribution in [1.82, 2.24) is 0 Å². The van der Waals surface area contributed by atoms with Crippen LogP contribution in [0.4, 0.5) is 4.39 Å². The molecule has 0 saturated heterocycles. The van der Waals surface area contributed by atoms with Crippen LogP contribution in [0.2, 0.25) is 0 Å². The van der Waals surface area contributed by atoms with Gasteiger partial charge in [0.15, 0.2) is 0 Å². The van der Waals surface area contributed by atoms with E-state index in [1.807, 2.05) is 31.2 Å². The van der Waals surface area contributed by atoms with Crippen molar-refractivity contribution in [1.29, 1.82) is 0 Å². The van der Waals surface area contributed by atoms with E-state index in [1.54, 1.807) is 12.1 Å². The Labute approximate surface area is 106 Å². The predicted octanol–water partition coefficient (Wildman–Crippen LogP) is 3.43. The maximum atomic E-state index is 13.7. The van der Waals surface area contributed by atoms with Gasteiger partial charge in [0.1, 0.15) is 17.3 Å². The van der Waals surface area contributed by atoms with Crippen molar-refractivity contribution in [3.8, 4) is 11.5 Å². The fourth-order valence-corrected chi connectivity index (χ4v) is 1.81. The molecule has 0 amide bonds. The minimum Gasteiger partial charge on any atom is -0.457 e. The summed E-state index contributed by atoms with van der Waals surface area (Å²) >= 11 is 0. The summed E-state index contributed by atoms with van der Waals surface area (Å²) in [6.45, 7) is 2.35. The van der Waals surface area contributed by atoms with Crippen LogP contribution >= 0.6 is 0 Å². The highest BCUT2D eigenvalue weighted by atomic mass is 19.1. The van der Waals surface area contributed by atoms with E-state index in [1.165, 1.54) is 6.07 Å². The van der Waals surface area contributed by atoms with E-state index in [0.717, 1.165) is 11.3 Å². The topological polar surface area (TPSA) is 35.2 Å². The monoisotopic (exact) mass is 245 g/mol. The molecular weight excluding hydrogens is 229 g/mol. The Morgan fingerprint density at radius 2 is 1.78 bits per heavy atom. The van der Waals surface area contributed by atoms with Crippen molar-refractivity contribution >= 4 is 0 Å². The zero-order valence-electron chi connectivity index (χ0n) is 10.3. The van der Waals surface area contributed by atoms with Crippen LogP contribution in [0.1, 0.15) is 11.1 Å². The molecule has 0 radical (unpaired) electrons. The lowest BCUT2D eigenvalue weighted by atomic mass is 10.1. The molecule has 0 fully saturated rings. The van der Waals surface area contributed by atoms with Crippen molar-refractivity contribution in [2.75, 3.05) is 6.54 Å². The lowest BCUT2D eigenvalue weighted by Crippen LogP contribution is -2.06. The quantitative estimate of drug-likeness (QED) is 0.895. The average Bonchev–Trinajstić information content (AvgIpc) is 2.36. The van der Waals surface area contributed by atoms with E-state index in [-0.39, 0.29) is 5.82 Å². The summed E-state index contributed by atoms with van der Waals surface area (Å²) in [5, 5.41) is 0. The molecule has 0 atom stereocenters. The second-order valence-corrected chi connectivity index (χ2v) is 4.12. The van der Waals surface area contributed by atoms with Crippen LogP contribution in [-0.4, -0.2) is 6.54 Å². The first-order chi connectivity index (χ1) is 8.72. The highest BCUT2D eigenvalue weighted by Gasteiger charge is 2.10. The normalized spacial score (nSPS) is 10.4. The SMILES string of the molecule is Cc1ccccc1Oc1cccc(F)c1CCN. The Morgan fingerprint density at radius 3 is 2.50 bits per heavy atom. The smallest absolute Gasteiger partial charge is 0.133 e. The van der Waals surface area contributed by atoms with Gasteiger partial charge < -0.3 is 10.5 Å². The minimum atomic E-state index is -0.272. The van der Waals surface area contributed by atoms with Crippen LogP contribution in [0.25, 0.3) is 0 Å². The number of hydrogen-bond donors (Lipinski definition) is 1. The Balaban J connectivity index is 2.34. The van der Waals surface area contributed by atoms with E-state index in [2.05, 4.69) is 0 Å². The number of aryl methyl sites for hydroxylation is 1. The molecule has 94 valence electrons. The molecule has 0 spiro atoms. The summed E-state index contributed by atoms with van der Waals surface area (Å²) in [5.74, 6) is 1.00. The van der Waals surface area contributed by atoms with Gasteiger partial charge in [0, 0.05) is 5.56 Å². The van der Waals surface area contributed by atoms with E-state index < -0.39 is 0 Å². The largest absolute Gasteiger partial charge is 0.457 e. The Hall–Kier alpha value is -1.87. The standard InChI is InChI=1S/C15H16FNO/c1-11-5-2-3-7-14(11)18-15-8-4-6-13(16)12(15)9-10-17/h2-8H,9-10,17H2,1H3. The van der Waals surface area contributed by atoms with Crippen molar-refractivity contribution in [3.63, 3.8) is 0 Å². The van der Waals surface area contributed by atoms with Gasteiger partial charge in [-0.1, -0.05) is 24.3 Å². The van der Waals surface area contributed by atoms with Crippen molar-refractivity contribution < 1.29 is 9.13 Å². The molecule has 0 aliphatic carbocycles. The lowest BCUT2D eigenvalue weighted by Gasteiger charge is -2.13. The maximum absolute atomic E-state index is 13.7. The highest BCUT2D eigenvalue weighted by Crippen LogP contribution is 2.29. The molecule has 2 aromatic rings. The summed E-state index contributed by atoms with van der Waals surface area (Å²) in [6, 6.07) is 12.5. The first kappa shape index (κ1) is 12.6. The molecule has 0 heterocycles. The second-order valence-electron chi connectivity index (χ2n) is 4.12. The first-order valence-corrected chi connectivity index (χ1v) is 5.93. The zero-order valence-corrected chi connectivity index (χ0v) is 10.3. The summed E-state index contributed by atoms with van der Waals surface area (Å²) in [7, 11) is 0. The zero-order chi connectivity index (χ0) is 13.0. The minimum absolute atomic E-state index is 0.272.